The van der Waals surface area contributed by atoms with Gasteiger partial charge in [-0.1, -0.05) is 54.6 Å². The molecular weight excluding hydrogens is 228 g/mol. The second-order valence-corrected chi connectivity index (χ2v) is 4.62. The molecule has 0 bridgehead atoms. The van der Waals surface area contributed by atoms with Crippen molar-refractivity contribution in [2.75, 3.05) is 5.88 Å². The Labute approximate surface area is 106 Å². The average Bonchev–Trinajstić information content (AvgIpc) is 2.39. The van der Waals surface area contributed by atoms with Crippen LogP contribution in [0.15, 0.2) is 54.6 Å². The lowest BCUT2D eigenvalue weighted by atomic mass is 9.97. The van der Waals surface area contributed by atoms with Crippen molar-refractivity contribution in [1.82, 2.24) is 0 Å². The molecular formula is C16H13Cl. The summed E-state index contributed by atoms with van der Waals surface area (Å²) in [6.45, 7) is 0. The van der Waals surface area contributed by atoms with Gasteiger partial charge >= 0.3 is 0 Å². The SMILES string of the molecule is ClCCc1cccc2ccc3ccccc3c12. The highest BCUT2D eigenvalue weighted by Crippen LogP contribution is 2.28. The van der Waals surface area contributed by atoms with Gasteiger partial charge in [-0.25, -0.2) is 0 Å². The van der Waals surface area contributed by atoms with Crippen LogP contribution in [0.5, 0.6) is 0 Å². The van der Waals surface area contributed by atoms with Crippen LogP contribution in [0.25, 0.3) is 21.5 Å². The molecule has 84 valence electrons. The number of hydrogen-bond donors (Lipinski definition) is 0. The Bertz CT molecular complexity index is 670. The Balaban J connectivity index is 2.45. The molecule has 0 fully saturated rings. The highest BCUT2D eigenvalue weighted by Gasteiger charge is 2.04. The molecule has 0 amide bonds. The van der Waals surface area contributed by atoms with E-state index in [0.29, 0.717) is 5.88 Å². The molecule has 1 heteroatoms. The zero-order valence-corrected chi connectivity index (χ0v) is 10.2. The summed E-state index contributed by atoms with van der Waals surface area (Å²) in [6.07, 6.45) is 0.924. The van der Waals surface area contributed by atoms with Gasteiger partial charge in [-0.2, -0.15) is 0 Å². The average molecular weight is 241 g/mol. The Kier molecular flexibility index (Phi) is 2.74. The van der Waals surface area contributed by atoms with E-state index >= 15 is 0 Å². The molecule has 0 unspecified atom stereocenters. The minimum atomic E-state index is 0.669. The van der Waals surface area contributed by atoms with E-state index in [-0.39, 0.29) is 0 Å². The monoisotopic (exact) mass is 240 g/mol. The van der Waals surface area contributed by atoms with Crippen LogP contribution in [0.4, 0.5) is 0 Å². The van der Waals surface area contributed by atoms with Crippen molar-refractivity contribution in [2.45, 2.75) is 6.42 Å². The molecule has 0 saturated carbocycles. The lowest BCUT2D eigenvalue weighted by molar-refractivity contribution is 1.17. The van der Waals surface area contributed by atoms with Gasteiger partial charge in [0.25, 0.3) is 0 Å². The van der Waals surface area contributed by atoms with E-state index in [1.165, 1.54) is 27.1 Å². The smallest absolute Gasteiger partial charge is 0.0264 e. The lowest BCUT2D eigenvalue weighted by Gasteiger charge is -2.08. The van der Waals surface area contributed by atoms with Gasteiger partial charge in [-0.15, -0.1) is 11.6 Å². The summed E-state index contributed by atoms with van der Waals surface area (Å²) >= 11 is 5.89. The maximum atomic E-state index is 5.89. The summed E-state index contributed by atoms with van der Waals surface area (Å²) in [5.74, 6) is 0.669. The zero-order valence-electron chi connectivity index (χ0n) is 9.49. The zero-order chi connectivity index (χ0) is 11.7. The van der Waals surface area contributed by atoms with Gasteiger partial charge in [0.2, 0.25) is 0 Å². The highest BCUT2D eigenvalue weighted by atomic mass is 35.5. The van der Waals surface area contributed by atoms with E-state index in [4.69, 9.17) is 11.6 Å². The van der Waals surface area contributed by atoms with Crippen LogP contribution < -0.4 is 0 Å². The van der Waals surface area contributed by atoms with E-state index in [9.17, 15) is 0 Å². The minimum absolute atomic E-state index is 0.669. The minimum Gasteiger partial charge on any atom is -0.126 e. The van der Waals surface area contributed by atoms with E-state index in [1.54, 1.807) is 0 Å². The Morgan fingerprint density at radius 3 is 2.41 bits per heavy atom. The third kappa shape index (κ3) is 1.79. The van der Waals surface area contributed by atoms with Crippen molar-refractivity contribution in [3.05, 3.63) is 60.2 Å². The van der Waals surface area contributed by atoms with Gasteiger partial charge in [0.1, 0.15) is 0 Å². The molecule has 0 saturated heterocycles. The van der Waals surface area contributed by atoms with Crippen molar-refractivity contribution >= 4 is 33.1 Å². The van der Waals surface area contributed by atoms with Gasteiger partial charge in [-0.05, 0) is 33.5 Å². The Hall–Kier alpha value is -1.53. The van der Waals surface area contributed by atoms with Gasteiger partial charge in [0.05, 0.1) is 0 Å². The normalized spacial score (nSPS) is 11.1. The number of hydrogen-bond acceptors (Lipinski definition) is 0. The van der Waals surface area contributed by atoms with Crippen LogP contribution in [0, 0.1) is 0 Å². The molecule has 0 atom stereocenters. The van der Waals surface area contributed by atoms with Crippen LogP contribution in [0.3, 0.4) is 0 Å². The fraction of sp³-hybridized carbons (Fsp3) is 0.125. The fourth-order valence-corrected chi connectivity index (χ4v) is 2.65. The molecule has 0 aromatic heterocycles. The van der Waals surface area contributed by atoms with Crippen molar-refractivity contribution in [3.8, 4) is 0 Å². The van der Waals surface area contributed by atoms with Crippen molar-refractivity contribution in [2.24, 2.45) is 0 Å². The second kappa shape index (κ2) is 4.38. The van der Waals surface area contributed by atoms with Crippen LogP contribution in [0.2, 0.25) is 0 Å². The topological polar surface area (TPSA) is 0 Å². The molecule has 0 aliphatic heterocycles. The summed E-state index contributed by atoms with van der Waals surface area (Å²) in [7, 11) is 0. The first-order chi connectivity index (χ1) is 8.40. The fourth-order valence-electron chi connectivity index (χ4n) is 2.45. The summed E-state index contributed by atoms with van der Waals surface area (Å²) < 4.78 is 0. The first kappa shape index (κ1) is 10.6. The van der Waals surface area contributed by atoms with Crippen LogP contribution in [-0.4, -0.2) is 5.88 Å². The molecule has 0 aliphatic carbocycles. The predicted octanol–water partition coefficient (Wildman–Crippen LogP) is 4.77. The van der Waals surface area contributed by atoms with E-state index < -0.39 is 0 Å². The van der Waals surface area contributed by atoms with E-state index in [1.807, 2.05) is 0 Å². The quantitative estimate of drug-likeness (QED) is 0.447. The molecule has 3 rings (SSSR count). The molecule has 0 aliphatic rings. The third-order valence-electron chi connectivity index (χ3n) is 3.22. The van der Waals surface area contributed by atoms with Crippen LogP contribution in [-0.2, 0) is 6.42 Å². The number of aryl methyl sites for hydroxylation is 1. The highest BCUT2D eigenvalue weighted by molar-refractivity contribution is 6.18. The van der Waals surface area contributed by atoms with Crippen molar-refractivity contribution < 1.29 is 0 Å². The maximum absolute atomic E-state index is 5.89. The Morgan fingerprint density at radius 2 is 1.53 bits per heavy atom. The van der Waals surface area contributed by atoms with Gasteiger partial charge in [0.15, 0.2) is 0 Å². The summed E-state index contributed by atoms with van der Waals surface area (Å²) in [6, 6.07) is 19.4. The second-order valence-electron chi connectivity index (χ2n) is 4.24. The molecule has 3 aromatic rings. The standard InChI is InChI=1S/C16H13Cl/c17-11-10-14-6-3-5-13-9-8-12-4-1-2-7-15(12)16(13)14/h1-9H,10-11H2. The first-order valence-corrected chi connectivity index (χ1v) is 6.39. The number of alkyl halides is 1. The van der Waals surface area contributed by atoms with Gasteiger partial charge in [0, 0.05) is 5.88 Å². The number of rotatable bonds is 2. The maximum Gasteiger partial charge on any atom is 0.0264 e. The predicted molar refractivity (Wildman–Crippen MR) is 75.9 cm³/mol. The van der Waals surface area contributed by atoms with Crippen molar-refractivity contribution in [1.29, 1.82) is 0 Å². The lowest BCUT2D eigenvalue weighted by Crippen LogP contribution is -1.89. The molecule has 0 N–H and O–H groups in total. The summed E-state index contributed by atoms with van der Waals surface area (Å²) in [5.41, 5.74) is 1.34. The summed E-state index contributed by atoms with van der Waals surface area (Å²) in [4.78, 5) is 0. The number of halogens is 1. The van der Waals surface area contributed by atoms with Gasteiger partial charge in [-0.3, -0.25) is 0 Å². The molecule has 17 heavy (non-hydrogen) atoms. The Morgan fingerprint density at radius 1 is 0.765 bits per heavy atom. The van der Waals surface area contributed by atoms with E-state index in [2.05, 4.69) is 54.6 Å². The third-order valence-corrected chi connectivity index (χ3v) is 3.41. The summed E-state index contributed by atoms with van der Waals surface area (Å²) in [5, 5.41) is 5.27. The van der Waals surface area contributed by atoms with Gasteiger partial charge < -0.3 is 0 Å². The number of fused-ring (bicyclic) bond motifs is 3. The van der Waals surface area contributed by atoms with Crippen LogP contribution in [0.1, 0.15) is 5.56 Å². The molecule has 0 radical (unpaired) electrons. The molecule has 0 heterocycles. The van der Waals surface area contributed by atoms with Crippen LogP contribution >= 0.6 is 11.6 Å². The molecule has 3 aromatic carbocycles. The number of benzene rings is 3. The largest absolute Gasteiger partial charge is 0.126 e. The first-order valence-electron chi connectivity index (χ1n) is 5.85. The van der Waals surface area contributed by atoms with Crippen molar-refractivity contribution in [3.63, 3.8) is 0 Å². The molecule has 0 nitrogen and oxygen atoms in total. The molecule has 0 spiro atoms. The van der Waals surface area contributed by atoms with E-state index in [0.717, 1.165) is 6.42 Å².